The van der Waals surface area contributed by atoms with Crippen molar-refractivity contribution in [3.05, 3.63) is 84.4 Å². The van der Waals surface area contributed by atoms with Gasteiger partial charge in [0.2, 0.25) is 5.91 Å². The summed E-state index contributed by atoms with van der Waals surface area (Å²) in [6.45, 7) is 10.2. The molecule has 0 radical (unpaired) electrons. The highest BCUT2D eigenvalue weighted by Gasteiger charge is 2.51. The molecule has 2 saturated heterocycles. The fourth-order valence-corrected chi connectivity index (χ4v) is 9.07. The molecule has 4 heterocycles. The number of alkyl carbamates (subject to hydrolysis) is 1. The van der Waals surface area contributed by atoms with Crippen LogP contribution in [0.2, 0.25) is 0 Å². The molecule has 6 atom stereocenters. The average molecular weight is 760 g/mol. The summed E-state index contributed by atoms with van der Waals surface area (Å²) in [6, 6.07) is 20.9. The van der Waals surface area contributed by atoms with E-state index >= 15 is 0 Å². The number of nitrogens with zero attached hydrogens (tertiary/aromatic N) is 3. The summed E-state index contributed by atoms with van der Waals surface area (Å²) in [6.07, 6.45) is 7.75. The van der Waals surface area contributed by atoms with Gasteiger partial charge in [0.25, 0.3) is 0 Å². The van der Waals surface area contributed by atoms with Crippen LogP contribution in [0.3, 0.4) is 0 Å². The average Bonchev–Trinajstić information content (AvgIpc) is 4.04. The van der Waals surface area contributed by atoms with Gasteiger partial charge in [-0.15, -0.1) is 0 Å². The second kappa shape index (κ2) is 14.9. The third kappa shape index (κ3) is 7.29. The minimum atomic E-state index is -0.651. The minimum Gasteiger partial charge on any atom is -0.453 e. The lowest BCUT2D eigenvalue weighted by Gasteiger charge is -2.35. The van der Waals surface area contributed by atoms with Crippen molar-refractivity contribution in [2.75, 3.05) is 13.7 Å². The molecule has 1 unspecified atom stereocenters. The number of likely N-dealkylation sites (tertiary alicyclic amines) is 2. The summed E-state index contributed by atoms with van der Waals surface area (Å²) in [7, 11) is 1.31. The number of ether oxygens (including phenoxy) is 2. The van der Waals surface area contributed by atoms with Crippen LogP contribution < -0.4 is 16.0 Å². The van der Waals surface area contributed by atoms with Gasteiger partial charge in [-0.05, 0) is 110 Å². The summed E-state index contributed by atoms with van der Waals surface area (Å²) in [5.74, 6) is 1.05. The first-order valence-electron chi connectivity index (χ1n) is 20.0. The second-order valence-electron chi connectivity index (χ2n) is 17.0. The van der Waals surface area contributed by atoms with Crippen molar-refractivity contribution in [1.29, 1.82) is 0 Å². The van der Waals surface area contributed by atoms with E-state index in [1.807, 2.05) is 56.8 Å². The number of nitrogens with one attached hydrogen (secondary N) is 4. The SMILES string of the molecule is COC(=O)N[C@H](C(=O)N1CCC[C@H]1C1NC=C(c2ccc3cc(-c4ccc(-c5cnc([C@@H]6[C@@H]7CC[C@@H](C7)N6C(=O)OC(C)(C)C)[nH]5)cc4)ccc3c2)N1)C(C)C. The number of imidazole rings is 1. The molecular weight excluding hydrogens is 707 g/mol. The summed E-state index contributed by atoms with van der Waals surface area (Å²) in [5.41, 5.74) is 5.71. The maximum Gasteiger partial charge on any atom is 0.411 e. The summed E-state index contributed by atoms with van der Waals surface area (Å²) in [5, 5.41) is 12.1. The molecule has 4 aromatic rings. The number of aromatic nitrogens is 2. The van der Waals surface area contributed by atoms with E-state index in [2.05, 4.69) is 81.6 Å². The Labute approximate surface area is 328 Å². The van der Waals surface area contributed by atoms with E-state index < -0.39 is 17.7 Å². The number of piperidine rings is 1. The molecule has 12 nitrogen and oxygen atoms in total. The van der Waals surface area contributed by atoms with E-state index in [1.54, 1.807) is 0 Å². The maximum absolute atomic E-state index is 13.6. The molecule has 294 valence electrons. The number of H-pyrrole nitrogens is 1. The van der Waals surface area contributed by atoms with Gasteiger partial charge in [-0.3, -0.25) is 9.69 Å². The van der Waals surface area contributed by atoms with Crippen LogP contribution in [0.1, 0.15) is 84.2 Å². The van der Waals surface area contributed by atoms with Crippen molar-refractivity contribution in [2.24, 2.45) is 11.8 Å². The Morgan fingerprint density at radius 2 is 1.61 bits per heavy atom. The van der Waals surface area contributed by atoms with Gasteiger partial charge in [-0.25, -0.2) is 14.6 Å². The smallest absolute Gasteiger partial charge is 0.411 e. The number of amides is 3. The van der Waals surface area contributed by atoms with Crippen LogP contribution in [0.5, 0.6) is 0 Å². The minimum absolute atomic E-state index is 0.0569. The van der Waals surface area contributed by atoms with Gasteiger partial charge in [0.15, 0.2) is 0 Å². The van der Waals surface area contributed by atoms with E-state index in [-0.39, 0.29) is 42.2 Å². The molecule has 4 aliphatic rings. The van der Waals surface area contributed by atoms with Gasteiger partial charge in [-0.2, -0.15) is 0 Å². The van der Waals surface area contributed by atoms with Crippen LogP contribution in [-0.4, -0.2) is 81.4 Å². The number of rotatable bonds is 8. The Morgan fingerprint density at radius 1 is 0.911 bits per heavy atom. The van der Waals surface area contributed by atoms with Gasteiger partial charge >= 0.3 is 12.2 Å². The first kappa shape index (κ1) is 37.4. The van der Waals surface area contributed by atoms with Crippen LogP contribution in [0.25, 0.3) is 38.9 Å². The number of hydrogen-bond donors (Lipinski definition) is 4. The monoisotopic (exact) mass is 759 g/mol. The zero-order valence-electron chi connectivity index (χ0n) is 33.1. The molecule has 1 aromatic heterocycles. The molecule has 3 fully saturated rings. The predicted molar refractivity (Wildman–Crippen MR) is 216 cm³/mol. The van der Waals surface area contributed by atoms with Crippen molar-refractivity contribution in [2.45, 2.75) is 103 Å². The van der Waals surface area contributed by atoms with Gasteiger partial charge in [-0.1, -0.05) is 62.4 Å². The fourth-order valence-electron chi connectivity index (χ4n) is 9.07. The number of methoxy groups -OCH3 is 1. The Hall–Kier alpha value is -5.52. The Balaban J connectivity index is 0.925. The van der Waals surface area contributed by atoms with Crippen LogP contribution >= 0.6 is 0 Å². The quantitative estimate of drug-likeness (QED) is 0.144. The molecule has 12 heteroatoms. The zero-order chi connectivity index (χ0) is 39.3. The standard InChI is InChI=1S/C44H53N7O5/c1-25(2)37(49-42(53)55-6)41(52)50-19-7-8-36(50)39-45-24-35(47-39)31-16-15-29-20-28(13-14-30(29)21-31)26-9-11-27(12-10-26)34-23-46-40(48-34)38-32-17-18-33(22-32)51(38)43(54)56-44(3,4)5/h9-16,20-21,23-25,32-33,36-39,45,47H,7-8,17-19,22H2,1-6H3,(H,46,48)(H,49,53)/t32-,33+,36+,37+,38+,39?/m1/s1. The van der Waals surface area contributed by atoms with Crippen LogP contribution in [0, 0.1) is 11.8 Å². The summed E-state index contributed by atoms with van der Waals surface area (Å²) in [4.78, 5) is 51.0. The lowest BCUT2D eigenvalue weighted by atomic mass is 9.98. The van der Waals surface area contributed by atoms with Gasteiger partial charge in [0.1, 0.15) is 23.6 Å². The first-order valence-corrected chi connectivity index (χ1v) is 20.0. The third-order valence-corrected chi connectivity index (χ3v) is 11.8. The van der Waals surface area contributed by atoms with Crippen molar-refractivity contribution < 1.29 is 23.9 Å². The molecule has 2 bridgehead atoms. The van der Waals surface area contributed by atoms with Crippen LogP contribution in [-0.2, 0) is 14.3 Å². The Kier molecular flexibility index (Phi) is 9.92. The number of hydrogen-bond acceptors (Lipinski definition) is 8. The molecule has 1 aliphatic carbocycles. The molecule has 3 amide bonds. The third-order valence-electron chi connectivity index (χ3n) is 11.8. The molecule has 3 aromatic carbocycles. The fraction of sp³-hybridized carbons (Fsp3) is 0.455. The first-order chi connectivity index (χ1) is 26.9. The maximum atomic E-state index is 13.6. The second-order valence-corrected chi connectivity index (χ2v) is 17.0. The topological polar surface area (TPSA) is 141 Å². The van der Waals surface area contributed by atoms with Gasteiger partial charge in [0, 0.05) is 18.8 Å². The van der Waals surface area contributed by atoms with Crippen molar-refractivity contribution in [3.8, 4) is 22.4 Å². The molecule has 0 spiro atoms. The van der Waals surface area contributed by atoms with E-state index in [0.717, 1.165) is 82.3 Å². The molecule has 4 N–H and O–H groups in total. The number of fused-ring (bicyclic) bond motifs is 3. The Morgan fingerprint density at radius 3 is 2.32 bits per heavy atom. The van der Waals surface area contributed by atoms with E-state index in [4.69, 9.17) is 14.5 Å². The van der Waals surface area contributed by atoms with Crippen LogP contribution in [0.15, 0.2) is 73.1 Å². The number of carbonyl (C=O) groups excluding carboxylic acids is 3. The van der Waals surface area contributed by atoms with Crippen molar-refractivity contribution in [1.82, 2.24) is 35.7 Å². The van der Waals surface area contributed by atoms with Crippen molar-refractivity contribution >= 4 is 34.6 Å². The summed E-state index contributed by atoms with van der Waals surface area (Å²) < 4.78 is 10.6. The van der Waals surface area contributed by atoms with Gasteiger partial charge in [0.05, 0.1) is 36.8 Å². The van der Waals surface area contributed by atoms with Gasteiger partial charge < -0.3 is 35.3 Å². The van der Waals surface area contributed by atoms with Crippen LogP contribution in [0.4, 0.5) is 9.59 Å². The highest BCUT2D eigenvalue weighted by molar-refractivity contribution is 5.90. The number of carbonyl (C=O) groups is 3. The van der Waals surface area contributed by atoms with Crippen molar-refractivity contribution in [3.63, 3.8) is 0 Å². The number of benzene rings is 3. The normalized spacial score (nSPS) is 23.6. The largest absolute Gasteiger partial charge is 0.453 e. The van der Waals surface area contributed by atoms with E-state index in [0.29, 0.717) is 12.5 Å². The highest BCUT2D eigenvalue weighted by Crippen LogP contribution is 2.50. The van der Waals surface area contributed by atoms with E-state index in [1.165, 1.54) is 7.11 Å². The summed E-state index contributed by atoms with van der Waals surface area (Å²) >= 11 is 0. The van der Waals surface area contributed by atoms with E-state index in [9.17, 15) is 14.4 Å². The molecular formula is C44H53N7O5. The lowest BCUT2D eigenvalue weighted by Crippen LogP contribution is -2.57. The molecule has 1 saturated carbocycles. The molecule has 3 aliphatic heterocycles. The zero-order valence-corrected chi connectivity index (χ0v) is 33.1. The molecule has 8 rings (SSSR count). The highest BCUT2D eigenvalue weighted by atomic mass is 16.6. The lowest BCUT2D eigenvalue weighted by molar-refractivity contribution is -0.135. The number of aromatic amines is 1. The molecule has 56 heavy (non-hydrogen) atoms. The Bertz CT molecular complexity index is 2150. The predicted octanol–water partition coefficient (Wildman–Crippen LogP) is 7.55.